The van der Waals surface area contributed by atoms with Crippen LogP contribution in [-0.2, 0) is 11.2 Å². The Labute approximate surface area is 155 Å². The van der Waals surface area contributed by atoms with E-state index in [-0.39, 0.29) is 5.91 Å². The molecule has 0 saturated heterocycles. The van der Waals surface area contributed by atoms with Crippen molar-refractivity contribution in [3.05, 3.63) is 35.7 Å². The maximum Gasteiger partial charge on any atom is 0.227 e. The topological polar surface area (TPSA) is 68.0 Å². The Morgan fingerprint density at radius 1 is 1.23 bits per heavy atom. The van der Waals surface area contributed by atoms with Crippen LogP contribution >= 0.6 is 0 Å². The standard InChI is InChI=1S/C21H29N3O2/c1-14(2)16-8-10-17(11-9-16)21-23-20(26-24-21)13-12-19(25)22-18-7-5-4-6-15(18)3/h8-11,14-15,18H,4-7,12-13H2,1-3H3,(H,22,25). The second-order valence-electron chi connectivity index (χ2n) is 7.72. The maximum absolute atomic E-state index is 12.2. The van der Waals surface area contributed by atoms with Crippen LogP contribution in [0.4, 0.5) is 0 Å². The third-order valence-corrected chi connectivity index (χ3v) is 5.33. The Morgan fingerprint density at radius 3 is 2.65 bits per heavy atom. The Morgan fingerprint density at radius 2 is 1.96 bits per heavy atom. The summed E-state index contributed by atoms with van der Waals surface area (Å²) in [5.41, 5.74) is 2.22. The van der Waals surface area contributed by atoms with Crippen LogP contribution in [0.15, 0.2) is 28.8 Å². The number of aryl methyl sites for hydroxylation is 1. The Bertz CT molecular complexity index is 721. The minimum atomic E-state index is 0.0739. The first-order chi connectivity index (χ1) is 12.5. The molecule has 1 heterocycles. The highest BCUT2D eigenvalue weighted by Crippen LogP contribution is 2.24. The van der Waals surface area contributed by atoms with Gasteiger partial charge in [0.1, 0.15) is 0 Å². The Balaban J connectivity index is 1.52. The van der Waals surface area contributed by atoms with E-state index in [4.69, 9.17) is 4.52 Å². The average molecular weight is 355 g/mol. The summed E-state index contributed by atoms with van der Waals surface area (Å²) in [6.07, 6.45) is 5.63. The van der Waals surface area contributed by atoms with Gasteiger partial charge in [-0.2, -0.15) is 4.98 Å². The van der Waals surface area contributed by atoms with E-state index in [2.05, 4.69) is 48.4 Å². The van der Waals surface area contributed by atoms with Crippen LogP contribution in [0.3, 0.4) is 0 Å². The van der Waals surface area contributed by atoms with Crippen LogP contribution < -0.4 is 5.32 Å². The molecule has 5 heteroatoms. The normalized spacial score (nSPS) is 20.3. The van der Waals surface area contributed by atoms with Crippen molar-refractivity contribution in [3.63, 3.8) is 0 Å². The van der Waals surface area contributed by atoms with Crippen LogP contribution in [-0.4, -0.2) is 22.1 Å². The van der Waals surface area contributed by atoms with Gasteiger partial charge in [-0.15, -0.1) is 0 Å². The predicted molar refractivity (Wildman–Crippen MR) is 102 cm³/mol. The summed E-state index contributed by atoms with van der Waals surface area (Å²) >= 11 is 0. The molecular weight excluding hydrogens is 326 g/mol. The molecule has 1 amide bonds. The van der Waals surface area contributed by atoms with Crippen molar-refractivity contribution in [1.29, 1.82) is 0 Å². The van der Waals surface area contributed by atoms with E-state index in [0.717, 1.165) is 12.0 Å². The average Bonchev–Trinajstić information content (AvgIpc) is 3.11. The molecule has 1 saturated carbocycles. The summed E-state index contributed by atoms with van der Waals surface area (Å²) in [6, 6.07) is 8.53. The van der Waals surface area contributed by atoms with Gasteiger partial charge in [0, 0.05) is 24.4 Å². The minimum Gasteiger partial charge on any atom is -0.353 e. The molecule has 1 aromatic heterocycles. The van der Waals surface area contributed by atoms with Gasteiger partial charge in [0.05, 0.1) is 0 Å². The lowest BCUT2D eigenvalue weighted by Crippen LogP contribution is -2.41. The summed E-state index contributed by atoms with van der Waals surface area (Å²) in [5, 5.41) is 7.21. The van der Waals surface area contributed by atoms with E-state index >= 15 is 0 Å². The number of nitrogens with one attached hydrogen (secondary N) is 1. The fraction of sp³-hybridized carbons (Fsp3) is 0.571. The smallest absolute Gasteiger partial charge is 0.227 e. The molecule has 140 valence electrons. The second-order valence-corrected chi connectivity index (χ2v) is 7.72. The Kier molecular flexibility index (Phi) is 6.07. The maximum atomic E-state index is 12.2. The first-order valence-electron chi connectivity index (χ1n) is 9.75. The number of aromatic nitrogens is 2. The highest BCUT2D eigenvalue weighted by molar-refractivity contribution is 5.76. The fourth-order valence-electron chi connectivity index (χ4n) is 3.52. The van der Waals surface area contributed by atoms with E-state index in [1.807, 2.05) is 12.1 Å². The summed E-state index contributed by atoms with van der Waals surface area (Å²) < 4.78 is 5.32. The number of hydrogen-bond donors (Lipinski definition) is 1. The molecule has 0 spiro atoms. The molecule has 1 aromatic carbocycles. The monoisotopic (exact) mass is 355 g/mol. The number of hydrogen-bond acceptors (Lipinski definition) is 4. The van der Waals surface area contributed by atoms with Gasteiger partial charge in [-0.3, -0.25) is 4.79 Å². The number of carbonyl (C=O) groups is 1. The van der Waals surface area contributed by atoms with Gasteiger partial charge >= 0.3 is 0 Å². The number of amides is 1. The lowest BCUT2D eigenvalue weighted by Gasteiger charge is -2.29. The number of carbonyl (C=O) groups excluding carboxylic acids is 1. The lowest BCUT2D eigenvalue weighted by molar-refractivity contribution is -0.122. The molecule has 1 N–H and O–H groups in total. The molecule has 1 fully saturated rings. The van der Waals surface area contributed by atoms with Crippen LogP contribution in [0.1, 0.15) is 70.2 Å². The molecule has 0 aliphatic heterocycles. The molecule has 3 rings (SSSR count). The van der Waals surface area contributed by atoms with E-state index in [0.29, 0.717) is 42.4 Å². The highest BCUT2D eigenvalue weighted by atomic mass is 16.5. The van der Waals surface area contributed by atoms with Crippen molar-refractivity contribution in [2.45, 2.75) is 71.3 Å². The summed E-state index contributed by atoms with van der Waals surface area (Å²) in [4.78, 5) is 16.6. The fourth-order valence-corrected chi connectivity index (χ4v) is 3.52. The van der Waals surface area contributed by atoms with Gasteiger partial charge < -0.3 is 9.84 Å². The van der Waals surface area contributed by atoms with Crippen LogP contribution in [0.25, 0.3) is 11.4 Å². The van der Waals surface area contributed by atoms with Gasteiger partial charge in [0.25, 0.3) is 0 Å². The summed E-state index contributed by atoms with van der Waals surface area (Å²) in [7, 11) is 0. The number of nitrogens with zero attached hydrogens (tertiary/aromatic N) is 2. The summed E-state index contributed by atoms with van der Waals surface area (Å²) in [5.74, 6) is 2.23. The van der Waals surface area contributed by atoms with Crippen molar-refractivity contribution in [1.82, 2.24) is 15.5 Å². The lowest BCUT2D eigenvalue weighted by atomic mass is 9.86. The van der Waals surface area contributed by atoms with Crippen molar-refractivity contribution in [3.8, 4) is 11.4 Å². The van der Waals surface area contributed by atoms with Gasteiger partial charge in [-0.1, -0.05) is 63.0 Å². The van der Waals surface area contributed by atoms with Gasteiger partial charge in [-0.25, -0.2) is 0 Å². The largest absolute Gasteiger partial charge is 0.353 e. The quantitative estimate of drug-likeness (QED) is 0.829. The van der Waals surface area contributed by atoms with E-state index in [1.54, 1.807) is 0 Å². The molecule has 2 atom stereocenters. The first-order valence-corrected chi connectivity index (χ1v) is 9.75. The zero-order valence-corrected chi connectivity index (χ0v) is 16.0. The molecule has 1 aliphatic rings. The van der Waals surface area contributed by atoms with E-state index in [1.165, 1.54) is 24.8 Å². The van der Waals surface area contributed by atoms with Gasteiger partial charge in [-0.05, 0) is 30.2 Å². The van der Waals surface area contributed by atoms with Gasteiger partial charge in [0.15, 0.2) is 0 Å². The summed E-state index contributed by atoms with van der Waals surface area (Å²) in [6.45, 7) is 6.56. The Hall–Kier alpha value is -2.17. The molecule has 0 radical (unpaired) electrons. The molecular formula is C21H29N3O2. The van der Waals surface area contributed by atoms with Crippen LogP contribution in [0.2, 0.25) is 0 Å². The van der Waals surface area contributed by atoms with Gasteiger partial charge in [0.2, 0.25) is 17.6 Å². The SMILES string of the molecule is CC(C)c1ccc(-c2noc(CCC(=O)NC3CCCCC3C)n2)cc1. The molecule has 1 aliphatic carbocycles. The van der Waals surface area contributed by atoms with Crippen LogP contribution in [0.5, 0.6) is 0 Å². The molecule has 5 nitrogen and oxygen atoms in total. The third-order valence-electron chi connectivity index (χ3n) is 5.33. The molecule has 2 aromatic rings. The molecule has 0 bridgehead atoms. The van der Waals surface area contributed by atoms with Crippen molar-refractivity contribution in [2.24, 2.45) is 5.92 Å². The van der Waals surface area contributed by atoms with Crippen molar-refractivity contribution < 1.29 is 9.32 Å². The molecule has 26 heavy (non-hydrogen) atoms. The van der Waals surface area contributed by atoms with E-state index < -0.39 is 0 Å². The molecule has 2 unspecified atom stereocenters. The zero-order valence-electron chi connectivity index (χ0n) is 16.0. The second kappa shape index (κ2) is 8.47. The third kappa shape index (κ3) is 4.71. The van der Waals surface area contributed by atoms with Crippen molar-refractivity contribution in [2.75, 3.05) is 0 Å². The van der Waals surface area contributed by atoms with E-state index in [9.17, 15) is 4.79 Å². The number of rotatable bonds is 6. The minimum absolute atomic E-state index is 0.0739. The predicted octanol–water partition coefficient (Wildman–Crippen LogP) is 4.49. The van der Waals surface area contributed by atoms with Crippen LogP contribution in [0, 0.1) is 5.92 Å². The number of benzene rings is 1. The highest BCUT2D eigenvalue weighted by Gasteiger charge is 2.22. The first kappa shape index (κ1) is 18.6. The van der Waals surface area contributed by atoms with Crippen molar-refractivity contribution >= 4 is 5.91 Å². The zero-order chi connectivity index (χ0) is 18.5.